The molecule has 1 saturated heterocycles. The van der Waals surface area contributed by atoms with E-state index >= 15 is 0 Å². The summed E-state index contributed by atoms with van der Waals surface area (Å²) >= 11 is 0. The molecule has 0 bridgehead atoms. The van der Waals surface area contributed by atoms with E-state index in [4.69, 9.17) is 5.73 Å². The summed E-state index contributed by atoms with van der Waals surface area (Å²) in [4.78, 5) is 34.8. The minimum atomic E-state index is -1.13. The molecule has 6 nitrogen and oxygen atoms in total. The zero-order chi connectivity index (χ0) is 14.5. The van der Waals surface area contributed by atoms with E-state index in [1.54, 1.807) is 6.07 Å². The Labute approximate surface area is 113 Å². The Bertz CT molecular complexity index is 638. The van der Waals surface area contributed by atoms with Crippen LogP contribution < -0.4 is 16.4 Å². The second-order valence-electron chi connectivity index (χ2n) is 5.30. The Morgan fingerprint density at radius 2 is 2.00 bits per heavy atom. The third-order valence-corrected chi connectivity index (χ3v) is 4.07. The largest absolute Gasteiger partial charge is 0.369 e. The number of hydrogen-bond donors (Lipinski definition) is 3. The van der Waals surface area contributed by atoms with Gasteiger partial charge in [0.2, 0.25) is 5.91 Å². The molecular weight excluding hydrogens is 265 g/mol. The van der Waals surface area contributed by atoms with Crippen molar-refractivity contribution in [2.75, 3.05) is 0 Å². The molecule has 0 unspecified atom stereocenters. The van der Waals surface area contributed by atoms with Gasteiger partial charge in [0.15, 0.2) is 0 Å². The van der Waals surface area contributed by atoms with E-state index in [0.29, 0.717) is 5.56 Å². The standard InChI is InChI=1S/C13H12FN3O3/c14-8-3-1-2-7(4-8)12(9(15)18)5-13(6-12)10(19)16-11(20)17-13/h1-4H,5-6H2,(H2,15,18)(H2,16,17,19,20). The molecule has 1 aliphatic carbocycles. The molecule has 1 aromatic rings. The Balaban J connectivity index is 1.97. The predicted octanol–water partition coefficient (Wildman–Crippen LogP) is -0.0792. The van der Waals surface area contributed by atoms with Crippen molar-refractivity contribution in [2.24, 2.45) is 5.73 Å². The number of carbonyl (C=O) groups excluding carboxylic acids is 3. The summed E-state index contributed by atoms with van der Waals surface area (Å²) in [5.74, 6) is -1.59. The highest BCUT2D eigenvalue weighted by atomic mass is 19.1. The lowest BCUT2D eigenvalue weighted by molar-refractivity contribution is -0.137. The maximum atomic E-state index is 13.3. The first-order valence-electron chi connectivity index (χ1n) is 6.08. The number of nitrogens with two attached hydrogens (primary N) is 1. The second-order valence-corrected chi connectivity index (χ2v) is 5.30. The van der Waals surface area contributed by atoms with Crippen LogP contribution in [0.15, 0.2) is 24.3 Å². The van der Waals surface area contributed by atoms with Gasteiger partial charge >= 0.3 is 6.03 Å². The van der Waals surface area contributed by atoms with Gasteiger partial charge in [-0.15, -0.1) is 0 Å². The number of carbonyl (C=O) groups is 3. The summed E-state index contributed by atoms with van der Waals surface area (Å²) in [5.41, 5.74) is 3.62. The van der Waals surface area contributed by atoms with Crippen LogP contribution in [0.2, 0.25) is 0 Å². The van der Waals surface area contributed by atoms with Gasteiger partial charge < -0.3 is 11.1 Å². The van der Waals surface area contributed by atoms with E-state index < -0.39 is 34.6 Å². The van der Waals surface area contributed by atoms with Crippen LogP contribution >= 0.6 is 0 Å². The van der Waals surface area contributed by atoms with Gasteiger partial charge in [0, 0.05) is 0 Å². The summed E-state index contributed by atoms with van der Waals surface area (Å²) < 4.78 is 13.3. The number of nitrogens with one attached hydrogen (secondary N) is 2. The lowest BCUT2D eigenvalue weighted by Crippen LogP contribution is -2.68. The summed E-state index contributed by atoms with van der Waals surface area (Å²) in [6, 6.07) is 4.97. The fourth-order valence-electron chi connectivity index (χ4n) is 3.06. The molecule has 7 heteroatoms. The van der Waals surface area contributed by atoms with Crippen LogP contribution in [0.3, 0.4) is 0 Å². The average molecular weight is 277 g/mol. The smallest absolute Gasteiger partial charge is 0.322 e. The van der Waals surface area contributed by atoms with Gasteiger partial charge in [-0.3, -0.25) is 14.9 Å². The number of urea groups is 1. The second kappa shape index (κ2) is 3.78. The quantitative estimate of drug-likeness (QED) is 0.659. The van der Waals surface area contributed by atoms with Crippen molar-refractivity contribution >= 4 is 17.8 Å². The van der Waals surface area contributed by atoms with E-state index in [0.717, 1.165) is 0 Å². The molecular formula is C13H12FN3O3. The van der Waals surface area contributed by atoms with Crippen LogP contribution in [0.5, 0.6) is 0 Å². The number of amides is 4. The molecule has 0 atom stereocenters. The first-order chi connectivity index (χ1) is 9.38. The summed E-state index contributed by atoms with van der Waals surface area (Å²) in [5, 5.41) is 4.64. The number of benzene rings is 1. The molecule has 2 aliphatic rings. The maximum absolute atomic E-state index is 13.3. The van der Waals surface area contributed by atoms with E-state index in [9.17, 15) is 18.8 Å². The molecule has 4 N–H and O–H groups in total. The molecule has 1 saturated carbocycles. The molecule has 1 spiro atoms. The van der Waals surface area contributed by atoms with Gasteiger partial charge in [0.1, 0.15) is 11.4 Å². The number of imide groups is 1. The molecule has 1 aromatic carbocycles. The summed E-state index contributed by atoms with van der Waals surface area (Å²) in [6.07, 6.45) is 0.0761. The van der Waals surface area contributed by atoms with Crippen LogP contribution in [-0.4, -0.2) is 23.4 Å². The van der Waals surface area contributed by atoms with Crippen LogP contribution in [0.1, 0.15) is 18.4 Å². The minimum Gasteiger partial charge on any atom is -0.369 e. The molecule has 0 radical (unpaired) electrons. The monoisotopic (exact) mass is 277 g/mol. The first kappa shape index (κ1) is 12.6. The van der Waals surface area contributed by atoms with E-state index in [-0.39, 0.29) is 12.8 Å². The summed E-state index contributed by atoms with van der Waals surface area (Å²) in [7, 11) is 0. The Morgan fingerprint density at radius 1 is 1.30 bits per heavy atom. The Morgan fingerprint density at radius 3 is 2.50 bits per heavy atom. The molecule has 104 valence electrons. The normalized spacial score (nSPS) is 31.6. The van der Waals surface area contributed by atoms with Crippen molar-refractivity contribution in [3.8, 4) is 0 Å². The van der Waals surface area contributed by atoms with Crippen molar-refractivity contribution in [1.82, 2.24) is 10.6 Å². The van der Waals surface area contributed by atoms with Gasteiger partial charge in [-0.05, 0) is 30.5 Å². The van der Waals surface area contributed by atoms with Crippen molar-refractivity contribution in [2.45, 2.75) is 23.8 Å². The fraction of sp³-hybridized carbons (Fsp3) is 0.308. The maximum Gasteiger partial charge on any atom is 0.322 e. The van der Waals surface area contributed by atoms with E-state index in [1.807, 2.05) is 0 Å². The Hall–Kier alpha value is -2.44. The van der Waals surface area contributed by atoms with E-state index in [2.05, 4.69) is 10.6 Å². The van der Waals surface area contributed by atoms with Crippen LogP contribution in [-0.2, 0) is 15.0 Å². The van der Waals surface area contributed by atoms with Crippen molar-refractivity contribution < 1.29 is 18.8 Å². The molecule has 1 heterocycles. The average Bonchev–Trinajstić information content (AvgIpc) is 2.61. The lowest BCUT2D eigenvalue weighted by Gasteiger charge is -2.50. The zero-order valence-electron chi connectivity index (χ0n) is 10.4. The zero-order valence-corrected chi connectivity index (χ0v) is 10.4. The number of hydrogen-bond acceptors (Lipinski definition) is 3. The van der Waals surface area contributed by atoms with Crippen LogP contribution in [0.25, 0.3) is 0 Å². The molecule has 0 aromatic heterocycles. The number of rotatable bonds is 2. The number of primary amides is 1. The van der Waals surface area contributed by atoms with Gasteiger partial charge in [-0.2, -0.15) is 0 Å². The summed E-state index contributed by atoms with van der Waals surface area (Å²) in [6.45, 7) is 0. The Kier molecular flexibility index (Phi) is 2.38. The van der Waals surface area contributed by atoms with E-state index in [1.165, 1.54) is 18.2 Å². The van der Waals surface area contributed by atoms with Crippen molar-refractivity contribution in [1.29, 1.82) is 0 Å². The van der Waals surface area contributed by atoms with Gasteiger partial charge in [0.05, 0.1) is 5.41 Å². The topological polar surface area (TPSA) is 101 Å². The van der Waals surface area contributed by atoms with Gasteiger partial charge in [-0.25, -0.2) is 9.18 Å². The molecule has 3 rings (SSSR count). The predicted molar refractivity (Wildman–Crippen MR) is 65.9 cm³/mol. The fourth-order valence-corrected chi connectivity index (χ4v) is 3.06. The minimum absolute atomic E-state index is 0.0381. The number of halogens is 1. The van der Waals surface area contributed by atoms with Crippen molar-refractivity contribution in [3.63, 3.8) is 0 Å². The van der Waals surface area contributed by atoms with Gasteiger partial charge in [-0.1, -0.05) is 12.1 Å². The first-order valence-corrected chi connectivity index (χ1v) is 6.08. The molecule has 20 heavy (non-hydrogen) atoms. The van der Waals surface area contributed by atoms with Crippen LogP contribution in [0, 0.1) is 5.82 Å². The molecule has 4 amide bonds. The lowest BCUT2D eigenvalue weighted by atomic mass is 9.54. The SMILES string of the molecule is NC(=O)C1(c2cccc(F)c2)CC2(C1)NC(=O)NC2=O. The highest BCUT2D eigenvalue weighted by Gasteiger charge is 2.65. The third-order valence-electron chi connectivity index (χ3n) is 4.07. The highest BCUT2D eigenvalue weighted by Crippen LogP contribution is 2.51. The molecule has 1 aliphatic heterocycles. The molecule has 2 fully saturated rings. The third kappa shape index (κ3) is 1.52. The van der Waals surface area contributed by atoms with Crippen molar-refractivity contribution in [3.05, 3.63) is 35.6 Å². The van der Waals surface area contributed by atoms with Gasteiger partial charge in [0.25, 0.3) is 5.91 Å². The highest BCUT2D eigenvalue weighted by molar-refractivity contribution is 6.09. The van der Waals surface area contributed by atoms with Crippen LogP contribution in [0.4, 0.5) is 9.18 Å².